The minimum atomic E-state index is -3.45. The Morgan fingerprint density at radius 2 is 1.71 bits per heavy atom. The van der Waals surface area contributed by atoms with Gasteiger partial charge in [0, 0.05) is 0 Å². The number of para-hydroxylation sites is 1. The van der Waals surface area contributed by atoms with Crippen LogP contribution in [0.3, 0.4) is 0 Å². The van der Waals surface area contributed by atoms with Crippen LogP contribution in [0, 0.1) is 0 Å². The maximum absolute atomic E-state index is 12.3. The van der Waals surface area contributed by atoms with E-state index in [2.05, 4.69) is 11.6 Å². The fraction of sp³-hybridized carbons (Fsp3) is 0.368. The normalized spacial score (nSPS) is 11.5. The fourth-order valence-electron chi connectivity index (χ4n) is 2.40. The lowest BCUT2D eigenvalue weighted by Gasteiger charge is -2.15. The van der Waals surface area contributed by atoms with Gasteiger partial charge < -0.3 is 4.74 Å². The van der Waals surface area contributed by atoms with E-state index in [4.69, 9.17) is 4.74 Å². The van der Waals surface area contributed by atoms with Crippen LogP contribution in [0.5, 0.6) is 5.75 Å². The van der Waals surface area contributed by atoms with E-state index in [-0.39, 0.29) is 18.3 Å². The molecule has 0 aliphatic carbocycles. The first-order valence-electron chi connectivity index (χ1n) is 8.22. The molecule has 0 spiro atoms. The highest BCUT2D eigenvalue weighted by atomic mass is 32.2. The second-order valence-corrected chi connectivity index (χ2v) is 7.85. The molecule has 0 amide bonds. The number of ether oxygens (including phenoxy) is 1. The SMILES string of the molecule is CCc1ccc(OCCS(=O)(=O)Nc2ccccc2C(C)C)cc1. The number of hydrogen-bond donors (Lipinski definition) is 1. The molecule has 0 atom stereocenters. The first-order valence-corrected chi connectivity index (χ1v) is 9.87. The molecule has 0 aromatic heterocycles. The molecule has 0 aliphatic rings. The van der Waals surface area contributed by atoms with Gasteiger partial charge >= 0.3 is 0 Å². The van der Waals surface area contributed by atoms with Crippen LogP contribution in [-0.2, 0) is 16.4 Å². The van der Waals surface area contributed by atoms with Crippen LogP contribution in [0.15, 0.2) is 48.5 Å². The van der Waals surface area contributed by atoms with E-state index in [0.717, 1.165) is 12.0 Å². The first-order chi connectivity index (χ1) is 11.4. The molecule has 4 nitrogen and oxygen atoms in total. The summed E-state index contributed by atoms with van der Waals surface area (Å²) in [6.07, 6.45) is 0.966. The Morgan fingerprint density at radius 3 is 2.33 bits per heavy atom. The van der Waals surface area contributed by atoms with Crippen LogP contribution in [0.4, 0.5) is 5.69 Å². The Bertz CT molecular complexity index is 752. The van der Waals surface area contributed by atoms with E-state index in [1.807, 2.05) is 56.3 Å². The molecule has 1 N–H and O–H groups in total. The van der Waals surface area contributed by atoms with E-state index in [1.165, 1.54) is 5.56 Å². The van der Waals surface area contributed by atoms with Gasteiger partial charge in [-0.1, -0.05) is 51.1 Å². The molecule has 0 bridgehead atoms. The average molecular weight is 347 g/mol. The molecular formula is C19H25NO3S. The van der Waals surface area contributed by atoms with Gasteiger partial charge in [-0.2, -0.15) is 0 Å². The molecular weight excluding hydrogens is 322 g/mol. The summed E-state index contributed by atoms with van der Waals surface area (Å²) in [7, 11) is -3.45. The Morgan fingerprint density at radius 1 is 1.04 bits per heavy atom. The number of nitrogens with one attached hydrogen (secondary N) is 1. The Kier molecular flexibility index (Phi) is 6.26. The molecule has 5 heteroatoms. The summed E-state index contributed by atoms with van der Waals surface area (Å²) in [5.74, 6) is 0.844. The maximum Gasteiger partial charge on any atom is 0.236 e. The molecule has 130 valence electrons. The zero-order valence-corrected chi connectivity index (χ0v) is 15.3. The highest BCUT2D eigenvalue weighted by molar-refractivity contribution is 7.92. The van der Waals surface area contributed by atoms with Crippen molar-refractivity contribution in [3.05, 3.63) is 59.7 Å². The molecule has 0 radical (unpaired) electrons. The van der Waals surface area contributed by atoms with E-state index in [1.54, 1.807) is 6.07 Å². The standard InChI is InChI=1S/C19H25NO3S/c1-4-16-9-11-17(12-10-16)23-13-14-24(21,22)20-19-8-6-5-7-18(19)15(2)3/h5-12,15,20H,4,13-14H2,1-3H3. The number of benzene rings is 2. The summed E-state index contributed by atoms with van der Waals surface area (Å²) >= 11 is 0. The van der Waals surface area contributed by atoms with Crippen LogP contribution >= 0.6 is 0 Å². The van der Waals surface area contributed by atoms with Crippen LogP contribution in [-0.4, -0.2) is 20.8 Å². The largest absolute Gasteiger partial charge is 0.492 e. The Balaban J connectivity index is 1.94. The molecule has 0 fully saturated rings. The summed E-state index contributed by atoms with van der Waals surface area (Å²) in [6, 6.07) is 15.2. The van der Waals surface area contributed by atoms with Gasteiger partial charge in [0.05, 0.1) is 5.69 Å². The zero-order chi connectivity index (χ0) is 17.6. The van der Waals surface area contributed by atoms with Gasteiger partial charge in [0.15, 0.2) is 0 Å². The number of rotatable bonds is 8. The first kappa shape index (κ1) is 18.3. The number of hydrogen-bond acceptors (Lipinski definition) is 3. The highest BCUT2D eigenvalue weighted by Crippen LogP contribution is 2.24. The quantitative estimate of drug-likeness (QED) is 0.779. The van der Waals surface area contributed by atoms with Crippen LogP contribution in [0.1, 0.15) is 37.8 Å². The van der Waals surface area contributed by atoms with Gasteiger partial charge in [0.2, 0.25) is 10.0 Å². The van der Waals surface area contributed by atoms with Crippen molar-refractivity contribution in [2.75, 3.05) is 17.1 Å². The van der Waals surface area contributed by atoms with Gasteiger partial charge in [0.25, 0.3) is 0 Å². The molecule has 24 heavy (non-hydrogen) atoms. The van der Waals surface area contributed by atoms with E-state index >= 15 is 0 Å². The lowest BCUT2D eigenvalue weighted by atomic mass is 10.0. The number of aryl methyl sites for hydroxylation is 1. The predicted octanol–water partition coefficient (Wildman–Crippen LogP) is 4.19. The van der Waals surface area contributed by atoms with Gasteiger partial charge in [-0.15, -0.1) is 0 Å². The monoisotopic (exact) mass is 347 g/mol. The van der Waals surface area contributed by atoms with E-state index < -0.39 is 10.0 Å². The third-order valence-corrected chi connectivity index (χ3v) is 5.04. The lowest BCUT2D eigenvalue weighted by Crippen LogP contribution is -2.22. The minimum absolute atomic E-state index is 0.0883. The Labute approximate surface area is 144 Å². The Hall–Kier alpha value is -2.01. The minimum Gasteiger partial charge on any atom is -0.492 e. The molecule has 2 aromatic carbocycles. The van der Waals surface area contributed by atoms with E-state index in [0.29, 0.717) is 11.4 Å². The molecule has 0 heterocycles. The van der Waals surface area contributed by atoms with Crippen LogP contribution < -0.4 is 9.46 Å². The maximum atomic E-state index is 12.3. The van der Waals surface area contributed by atoms with E-state index in [9.17, 15) is 8.42 Å². The van der Waals surface area contributed by atoms with Crippen molar-refractivity contribution >= 4 is 15.7 Å². The second-order valence-electron chi connectivity index (χ2n) is 6.01. The summed E-state index contributed by atoms with van der Waals surface area (Å²) < 4.78 is 32.8. The second kappa shape index (κ2) is 8.20. The van der Waals surface area contributed by atoms with Crippen molar-refractivity contribution < 1.29 is 13.2 Å². The molecule has 2 aromatic rings. The van der Waals surface area contributed by atoms with Gasteiger partial charge in [-0.05, 0) is 41.7 Å². The van der Waals surface area contributed by atoms with Crippen molar-refractivity contribution in [1.82, 2.24) is 0 Å². The summed E-state index contributed by atoms with van der Waals surface area (Å²) in [5, 5.41) is 0. The van der Waals surface area contributed by atoms with Crippen molar-refractivity contribution in [3.63, 3.8) is 0 Å². The number of anilines is 1. The average Bonchev–Trinajstić information content (AvgIpc) is 2.55. The highest BCUT2D eigenvalue weighted by Gasteiger charge is 2.14. The zero-order valence-electron chi connectivity index (χ0n) is 14.5. The summed E-state index contributed by atoms with van der Waals surface area (Å²) in [6.45, 7) is 6.28. The molecule has 2 rings (SSSR count). The van der Waals surface area contributed by atoms with Crippen molar-refractivity contribution in [3.8, 4) is 5.75 Å². The number of sulfonamides is 1. The molecule has 0 saturated heterocycles. The van der Waals surface area contributed by atoms with Gasteiger partial charge in [-0.25, -0.2) is 8.42 Å². The summed E-state index contributed by atoms with van der Waals surface area (Å²) in [4.78, 5) is 0. The van der Waals surface area contributed by atoms with Crippen molar-refractivity contribution in [2.24, 2.45) is 0 Å². The topological polar surface area (TPSA) is 55.4 Å². The van der Waals surface area contributed by atoms with Gasteiger partial charge in [-0.3, -0.25) is 4.72 Å². The molecule has 0 aliphatic heterocycles. The molecule has 0 unspecified atom stereocenters. The van der Waals surface area contributed by atoms with Crippen LogP contribution in [0.2, 0.25) is 0 Å². The third-order valence-electron chi connectivity index (χ3n) is 3.80. The summed E-state index contributed by atoms with van der Waals surface area (Å²) in [5.41, 5.74) is 2.85. The van der Waals surface area contributed by atoms with Gasteiger partial charge in [0.1, 0.15) is 18.1 Å². The van der Waals surface area contributed by atoms with Crippen molar-refractivity contribution in [1.29, 1.82) is 0 Å². The van der Waals surface area contributed by atoms with Crippen molar-refractivity contribution in [2.45, 2.75) is 33.1 Å². The lowest BCUT2D eigenvalue weighted by molar-refractivity contribution is 0.341. The smallest absolute Gasteiger partial charge is 0.236 e. The predicted molar refractivity (Wildman–Crippen MR) is 99.3 cm³/mol. The fourth-order valence-corrected chi connectivity index (χ4v) is 3.33. The van der Waals surface area contributed by atoms with Crippen LogP contribution in [0.25, 0.3) is 0 Å². The third kappa shape index (κ3) is 5.27. The molecule has 0 saturated carbocycles.